The summed E-state index contributed by atoms with van der Waals surface area (Å²) in [6, 6.07) is 9.35. The predicted molar refractivity (Wildman–Crippen MR) is 83.9 cm³/mol. The molecule has 0 atom stereocenters. The molecule has 0 bridgehead atoms. The molecule has 0 unspecified atom stereocenters. The minimum Gasteiger partial charge on any atom is -0.459 e. The third-order valence-electron chi connectivity index (χ3n) is 3.33. The highest BCUT2D eigenvalue weighted by Gasteiger charge is 2.31. The average molecular weight is 316 g/mol. The molecule has 0 aliphatic heterocycles. The van der Waals surface area contributed by atoms with Crippen LogP contribution in [0.3, 0.4) is 0 Å². The number of benzene rings is 1. The lowest BCUT2D eigenvalue weighted by atomic mass is 10.3. The lowest BCUT2D eigenvalue weighted by molar-refractivity contribution is -0.146. The topological polar surface area (TPSA) is 59.5 Å². The van der Waals surface area contributed by atoms with Crippen molar-refractivity contribution in [1.82, 2.24) is 4.98 Å². The smallest absolute Gasteiger partial charge is 0.309 e. The van der Waals surface area contributed by atoms with Crippen LogP contribution in [0.4, 0.5) is 10.8 Å². The van der Waals surface area contributed by atoms with Crippen LogP contribution in [0, 0.1) is 5.92 Å². The zero-order chi connectivity index (χ0) is 15.5. The van der Waals surface area contributed by atoms with E-state index in [0.717, 1.165) is 18.5 Å². The van der Waals surface area contributed by atoms with Crippen LogP contribution in [-0.4, -0.2) is 16.9 Å². The van der Waals surface area contributed by atoms with E-state index in [4.69, 9.17) is 4.74 Å². The van der Waals surface area contributed by atoms with E-state index in [0.29, 0.717) is 10.8 Å². The number of ether oxygens (including phenoxy) is 1. The minimum atomic E-state index is -0.152. The molecule has 0 spiro atoms. The number of carbonyl (C=O) groups is 2. The quantitative estimate of drug-likeness (QED) is 0.794. The number of aromatic nitrogens is 1. The Morgan fingerprint density at radius 3 is 2.68 bits per heavy atom. The van der Waals surface area contributed by atoms with Gasteiger partial charge < -0.3 is 4.74 Å². The van der Waals surface area contributed by atoms with Crippen molar-refractivity contribution >= 4 is 34.0 Å². The van der Waals surface area contributed by atoms with Crippen LogP contribution in [0.1, 0.15) is 25.5 Å². The standard InChI is InChI=1S/C16H16N2O3S/c1-11(19)18(14-5-3-2-4-6-14)16-17-13(10-22-16)9-21-15(20)12-7-8-12/h2-6,10,12H,7-9H2,1H3. The summed E-state index contributed by atoms with van der Waals surface area (Å²) in [4.78, 5) is 29.4. The van der Waals surface area contributed by atoms with E-state index in [9.17, 15) is 9.59 Å². The number of carbonyl (C=O) groups excluding carboxylic acids is 2. The van der Waals surface area contributed by atoms with Crippen molar-refractivity contribution in [3.8, 4) is 0 Å². The maximum Gasteiger partial charge on any atom is 0.309 e. The van der Waals surface area contributed by atoms with Crippen molar-refractivity contribution in [2.75, 3.05) is 4.90 Å². The summed E-state index contributed by atoms with van der Waals surface area (Å²) in [5, 5.41) is 2.39. The molecule has 0 saturated heterocycles. The molecule has 5 nitrogen and oxygen atoms in total. The molecular formula is C16H16N2O3S. The fourth-order valence-electron chi connectivity index (χ4n) is 2.05. The Bertz CT molecular complexity index is 680. The summed E-state index contributed by atoms with van der Waals surface area (Å²) in [6.45, 7) is 1.66. The zero-order valence-corrected chi connectivity index (χ0v) is 13.0. The molecule has 6 heteroatoms. The zero-order valence-electron chi connectivity index (χ0n) is 12.2. The van der Waals surface area contributed by atoms with Gasteiger partial charge in [-0.25, -0.2) is 4.98 Å². The van der Waals surface area contributed by atoms with Gasteiger partial charge in [0, 0.05) is 12.3 Å². The van der Waals surface area contributed by atoms with Crippen molar-refractivity contribution in [2.24, 2.45) is 5.92 Å². The number of amides is 1. The summed E-state index contributed by atoms with van der Waals surface area (Å²) in [5.41, 5.74) is 1.43. The molecule has 1 fully saturated rings. The predicted octanol–water partition coefficient (Wildman–Crippen LogP) is 3.28. The molecule has 22 heavy (non-hydrogen) atoms. The van der Waals surface area contributed by atoms with Crippen LogP contribution in [0.15, 0.2) is 35.7 Å². The molecule has 114 valence electrons. The average Bonchev–Trinajstić information content (AvgIpc) is 3.27. The second-order valence-corrected chi connectivity index (χ2v) is 6.03. The summed E-state index contributed by atoms with van der Waals surface area (Å²) in [5.74, 6) is -0.181. The fraction of sp³-hybridized carbons (Fsp3) is 0.312. The SMILES string of the molecule is CC(=O)N(c1ccccc1)c1nc(COC(=O)C2CC2)cs1. The minimum absolute atomic E-state index is 0.0798. The van der Waals surface area contributed by atoms with Crippen LogP contribution in [0.5, 0.6) is 0 Å². The lowest BCUT2D eigenvalue weighted by Crippen LogP contribution is -2.22. The van der Waals surface area contributed by atoms with Gasteiger partial charge >= 0.3 is 5.97 Å². The van der Waals surface area contributed by atoms with Crippen LogP contribution in [0.2, 0.25) is 0 Å². The first kappa shape index (κ1) is 14.7. The van der Waals surface area contributed by atoms with Crippen molar-refractivity contribution in [3.05, 3.63) is 41.4 Å². The number of hydrogen-bond acceptors (Lipinski definition) is 5. The van der Waals surface area contributed by atoms with Crippen molar-refractivity contribution < 1.29 is 14.3 Å². The second kappa shape index (κ2) is 6.27. The van der Waals surface area contributed by atoms with Crippen LogP contribution < -0.4 is 4.90 Å². The number of esters is 1. The maximum atomic E-state index is 11.9. The van der Waals surface area contributed by atoms with Gasteiger partial charge in [0.15, 0.2) is 5.13 Å². The Balaban J connectivity index is 1.72. The van der Waals surface area contributed by atoms with Crippen LogP contribution in [0.25, 0.3) is 0 Å². The second-order valence-electron chi connectivity index (χ2n) is 5.19. The van der Waals surface area contributed by atoms with Gasteiger partial charge in [0.2, 0.25) is 5.91 Å². The van der Waals surface area contributed by atoms with Gasteiger partial charge in [-0.15, -0.1) is 11.3 Å². The van der Waals surface area contributed by atoms with E-state index >= 15 is 0 Å². The number of thiazole rings is 1. The molecule has 0 radical (unpaired) electrons. The summed E-state index contributed by atoms with van der Waals surface area (Å²) in [7, 11) is 0. The Morgan fingerprint density at radius 1 is 1.32 bits per heavy atom. The monoisotopic (exact) mass is 316 g/mol. The molecule has 1 saturated carbocycles. The normalized spacial score (nSPS) is 13.7. The van der Waals surface area contributed by atoms with E-state index < -0.39 is 0 Å². The molecule has 1 aliphatic rings. The van der Waals surface area contributed by atoms with Gasteiger partial charge in [-0.1, -0.05) is 18.2 Å². The molecule has 1 aliphatic carbocycles. The van der Waals surface area contributed by atoms with Gasteiger partial charge in [-0.3, -0.25) is 14.5 Å². The van der Waals surface area contributed by atoms with Gasteiger partial charge in [-0.05, 0) is 25.0 Å². The molecule has 2 aromatic rings. The van der Waals surface area contributed by atoms with Gasteiger partial charge in [0.1, 0.15) is 6.61 Å². The van der Waals surface area contributed by atoms with E-state index in [1.807, 2.05) is 35.7 Å². The fourth-order valence-corrected chi connectivity index (χ4v) is 2.92. The number of rotatable bonds is 5. The van der Waals surface area contributed by atoms with Gasteiger partial charge in [-0.2, -0.15) is 0 Å². The maximum absolute atomic E-state index is 11.9. The Labute approximate surface area is 132 Å². The van der Waals surface area contributed by atoms with Crippen molar-refractivity contribution in [1.29, 1.82) is 0 Å². The van der Waals surface area contributed by atoms with E-state index in [1.165, 1.54) is 18.3 Å². The first-order valence-corrected chi connectivity index (χ1v) is 8.00. The molecule has 3 rings (SSSR count). The first-order chi connectivity index (χ1) is 10.6. The Hall–Kier alpha value is -2.21. The highest BCUT2D eigenvalue weighted by molar-refractivity contribution is 7.14. The molecule has 0 N–H and O–H groups in total. The third-order valence-corrected chi connectivity index (χ3v) is 4.21. The molecule has 1 amide bonds. The number of hydrogen-bond donors (Lipinski definition) is 0. The van der Waals surface area contributed by atoms with Crippen molar-refractivity contribution in [2.45, 2.75) is 26.4 Å². The number of anilines is 2. The Morgan fingerprint density at radius 2 is 2.05 bits per heavy atom. The van der Waals surface area contributed by atoms with Crippen molar-refractivity contribution in [3.63, 3.8) is 0 Å². The number of para-hydroxylation sites is 1. The van der Waals surface area contributed by atoms with E-state index in [2.05, 4.69) is 4.98 Å². The molecular weight excluding hydrogens is 300 g/mol. The lowest BCUT2D eigenvalue weighted by Gasteiger charge is -2.17. The number of nitrogens with zero attached hydrogens (tertiary/aromatic N) is 2. The molecule has 1 aromatic heterocycles. The highest BCUT2D eigenvalue weighted by atomic mass is 32.1. The Kier molecular flexibility index (Phi) is 4.20. The van der Waals surface area contributed by atoms with E-state index in [1.54, 1.807) is 4.90 Å². The summed E-state index contributed by atoms with van der Waals surface area (Å²) in [6.07, 6.45) is 1.85. The van der Waals surface area contributed by atoms with E-state index in [-0.39, 0.29) is 24.4 Å². The van der Waals surface area contributed by atoms with Crippen LogP contribution >= 0.6 is 11.3 Å². The van der Waals surface area contributed by atoms with Crippen LogP contribution in [-0.2, 0) is 20.9 Å². The highest BCUT2D eigenvalue weighted by Crippen LogP contribution is 2.31. The van der Waals surface area contributed by atoms with Gasteiger partial charge in [0.25, 0.3) is 0 Å². The first-order valence-electron chi connectivity index (χ1n) is 7.12. The largest absolute Gasteiger partial charge is 0.459 e. The third kappa shape index (κ3) is 3.33. The molecule has 1 heterocycles. The summed E-state index contributed by atoms with van der Waals surface area (Å²) < 4.78 is 5.21. The molecule has 1 aromatic carbocycles. The summed E-state index contributed by atoms with van der Waals surface area (Å²) >= 11 is 1.36. The van der Waals surface area contributed by atoms with Gasteiger partial charge in [0.05, 0.1) is 17.3 Å².